The number of ketones is 1. The van der Waals surface area contributed by atoms with Crippen molar-refractivity contribution in [3.8, 4) is 11.3 Å². The molecule has 124 valence electrons. The highest BCUT2D eigenvalue weighted by Crippen LogP contribution is 2.41. The van der Waals surface area contributed by atoms with Gasteiger partial charge in [-0.25, -0.2) is 4.98 Å². The number of benzene rings is 2. The van der Waals surface area contributed by atoms with Gasteiger partial charge in [-0.15, -0.1) is 0 Å². The Morgan fingerprint density at radius 1 is 1.28 bits per heavy atom. The number of hydrogen-bond donors (Lipinski definition) is 0. The van der Waals surface area contributed by atoms with E-state index < -0.39 is 16.4 Å². The Balaban J connectivity index is 1.66. The molecule has 3 aromatic rings. The Labute approximate surface area is 141 Å². The molecular formula is C18H12FN3O3. The van der Waals surface area contributed by atoms with Crippen molar-refractivity contribution in [2.24, 2.45) is 0 Å². The van der Waals surface area contributed by atoms with Crippen LogP contribution in [0.1, 0.15) is 28.4 Å². The van der Waals surface area contributed by atoms with E-state index >= 15 is 0 Å². The van der Waals surface area contributed by atoms with Crippen LogP contribution >= 0.6 is 0 Å². The molecular weight excluding hydrogens is 325 g/mol. The summed E-state index contributed by atoms with van der Waals surface area (Å²) in [4.78, 5) is 26.6. The molecule has 4 rings (SSSR count). The first-order valence-electron chi connectivity index (χ1n) is 7.64. The van der Waals surface area contributed by atoms with Gasteiger partial charge in [0.05, 0.1) is 29.2 Å². The fourth-order valence-electron chi connectivity index (χ4n) is 3.26. The van der Waals surface area contributed by atoms with Crippen LogP contribution in [-0.2, 0) is 0 Å². The monoisotopic (exact) mass is 337 g/mol. The first kappa shape index (κ1) is 15.2. The predicted octanol–water partition coefficient (Wildman–Crippen LogP) is 3.77. The molecule has 1 aliphatic rings. The molecule has 0 amide bonds. The summed E-state index contributed by atoms with van der Waals surface area (Å²) in [7, 11) is 0. The van der Waals surface area contributed by atoms with Crippen molar-refractivity contribution in [1.82, 2.24) is 9.55 Å². The molecule has 1 atom stereocenters. The van der Waals surface area contributed by atoms with Crippen LogP contribution in [0.3, 0.4) is 0 Å². The van der Waals surface area contributed by atoms with Crippen molar-refractivity contribution >= 4 is 11.5 Å². The van der Waals surface area contributed by atoms with E-state index in [2.05, 4.69) is 4.98 Å². The second-order valence-corrected chi connectivity index (χ2v) is 5.84. The number of halogens is 1. The Kier molecular flexibility index (Phi) is 3.42. The maximum atomic E-state index is 13.8. The largest absolute Gasteiger partial charge is 0.322 e. The zero-order valence-corrected chi connectivity index (χ0v) is 12.9. The van der Waals surface area contributed by atoms with Gasteiger partial charge in [-0.3, -0.25) is 14.9 Å². The third-order valence-electron chi connectivity index (χ3n) is 4.44. The Morgan fingerprint density at radius 2 is 2.08 bits per heavy atom. The Hall–Kier alpha value is -3.35. The Morgan fingerprint density at radius 3 is 2.84 bits per heavy atom. The van der Waals surface area contributed by atoms with Crippen LogP contribution in [0, 0.1) is 15.9 Å². The van der Waals surface area contributed by atoms with Crippen molar-refractivity contribution in [1.29, 1.82) is 0 Å². The number of carbonyl (C=O) groups is 1. The molecule has 2 aromatic carbocycles. The minimum absolute atomic E-state index is 0.120. The lowest BCUT2D eigenvalue weighted by atomic mass is 9.96. The zero-order valence-electron chi connectivity index (χ0n) is 12.9. The predicted molar refractivity (Wildman–Crippen MR) is 87.8 cm³/mol. The third-order valence-corrected chi connectivity index (χ3v) is 4.44. The number of nitrogens with zero attached hydrogens (tertiary/aromatic N) is 3. The number of hydrogen-bond acceptors (Lipinski definition) is 4. The van der Waals surface area contributed by atoms with Crippen LogP contribution in [0.4, 0.5) is 10.1 Å². The fraction of sp³-hybridized carbons (Fsp3) is 0.111. The topological polar surface area (TPSA) is 78.0 Å². The van der Waals surface area contributed by atoms with E-state index in [4.69, 9.17) is 0 Å². The number of nitro groups is 1. The van der Waals surface area contributed by atoms with Gasteiger partial charge in [0.25, 0.3) is 0 Å². The summed E-state index contributed by atoms with van der Waals surface area (Å²) in [6, 6.07) is 10.8. The SMILES string of the molecule is O=C(CC1c2ccccc2-c2cncn21)c1ccc([N+](=O)[O-])c(F)c1. The molecule has 0 N–H and O–H groups in total. The number of aromatic nitrogens is 2. The van der Waals surface area contributed by atoms with E-state index in [1.807, 2.05) is 28.8 Å². The van der Waals surface area contributed by atoms with Crippen molar-refractivity contribution < 1.29 is 14.1 Å². The summed E-state index contributed by atoms with van der Waals surface area (Å²) < 4.78 is 15.7. The highest BCUT2D eigenvalue weighted by Gasteiger charge is 2.30. The first-order chi connectivity index (χ1) is 12.1. The van der Waals surface area contributed by atoms with E-state index in [1.54, 1.807) is 12.5 Å². The molecule has 0 spiro atoms. The molecule has 0 radical (unpaired) electrons. The summed E-state index contributed by atoms with van der Waals surface area (Å²) in [5.41, 5.74) is 2.44. The van der Waals surface area contributed by atoms with Gasteiger partial charge in [0.15, 0.2) is 5.78 Å². The molecule has 0 aliphatic carbocycles. The highest BCUT2D eigenvalue weighted by atomic mass is 19.1. The van der Waals surface area contributed by atoms with Crippen molar-refractivity contribution in [3.63, 3.8) is 0 Å². The van der Waals surface area contributed by atoms with Crippen molar-refractivity contribution in [3.05, 3.63) is 82.0 Å². The molecule has 0 fully saturated rings. The van der Waals surface area contributed by atoms with Gasteiger partial charge in [-0.2, -0.15) is 4.39 Å². The minimum atomic E-state index is -1.01. The molecule has 0 saturated heterocycles. The molecule has 1 unspecified atom stereocenters. The van der Waals surface area contributed by atoms with Gasteiger partial charge in [-0.1, -0.05) is 24.3 Å². The normalized spacial score (nSPS) is 14.8. The fourth-order valence-corrected chi connectivity index (χ4v) is 3.26. The van der Waals surface area contributed by atoms with Gasteiger partial charge < -0.3 is 4.57 Å². The zero-order chi connectivity index (χ0) is 17.6. The van der Waals surface area contributed by atoms with E-state index in [0.29, 0.717) is 0 Å². The van der Waals surface area contributed by atoms with Crippen LogP contribution in [0.15, 0.2) is 55.0 Å². The number of imidazole rings is 1. The lowest BCUT2D eigenvalue weighted by Crippen LogP contribution is -2.12. The van der Waals surface area contributed by atoms with Gasteiger partial charge in [-0.05, 0) is 17.7 Å². The minimum Gasteiger partial charge on any atom is -0.322 e. The third kappa shape index (κ3) is 2.40. The van der Waals surface area contributed by atoms with E-state index in [1.165, 1.54) is 6.07 Å². The maximum Gasteiger partial charge on any atom is 0.304 e. The lowest BCUT2D eigenvalue weighted by molar-refractivity contribution is -0.387. The Bertz CT molecular complexity index is 1010. The van der Waals surface area contributed by atoms with E-state index in [-0.39, 0.29) is 23.8 Å². The average Bonchev–Trinajstić information content (AvgIpc) is 3.17. The summed E-state index contributed by atoms with van der Waals surface area (Å²) >= 11 is 0. The summed E-state index contributed by atoms with van der Waals surface area (Å²) in [5.74, 6) is -1.29. The smallest absolute Gasteiger partial charge is 0.304 e. The van der Waals surface area contributed by atoms with Crippen LogP contribution in [0.25, 0.3) is 11.3 Å². The molecule has 2 heterocycles. The summed E-state index contributed by atoms with van der Waals surface area (Å²) in [6.07, 6.45) is 3.54. The molecule has 6 nitrogen and oxygen atoms in total. The number of rotatable bonds is 4. The number of Topliss-reactive ketones (excluding diaryl/α,β-unsaturated/α-hetero) is 1. The summed E-state index contributed by atoms with van der Waals surface area (Å²) in [6.45, 7) is 0. The van der Waals surface area contributed by atoms with Gasteiger partial charge in [0.1, 0.15) is 0 Å². The van der Waals surface area contributed by atoms with Crippen LogP contribution < -0.4 is 0 Å². The standard InChI is InChI=1S/C18H12FN3O3/c19-14-7-11(5-6-15(14)22(24)25)18(23)8-16-12-3-1-2-4-13(12)17-9-20-10-21(16)17/h1-7,9-10,16H,8H2. The van der Waals surface area contributed by atoms with Gasteiger partial charge in [0.2, 0.25) is 5.82 Å². The van der Waals surface area contributed by atoms with Crippen LogP contribution in [-0.4, -0.2) is 20.3 Å². The molecule has 1 aromatic heterocycles. The van der Waals surface area contributed by atoms with Crippen LogP contribution in [0.5, 0.6) is 0 Å². The highest BCUT2D eigenvalue weighted by molar-refractivity contribution is 5.97. The second kappa shape index (κ2) is 5.62. The summed E-state index contributed by atoms with van der Waals surface area (Å²) in [5, 5.41) is 10.7. The van der Waals surface area contributed by atoms with Gasteiger partial charge >= 0.3 is 5.69 Å². The first-order valence-corrected chi connectivity index (χ1v) is 7.64. The lowest BCUT2D eigenvalue weighted by Gasteiger charge is -2.14. The quantitative estimate of drug-likeness (QED) is 0.412. The maximum absolute atomic E-state index is 13.8. The van der Waals surface area contributed by atoms with Gasteiger partial charge in [0, 0.05) is 23.6 Å². The van der Waals surface area contributed by atoms with Crippen molar-refractivity contribution in [2.75, 3.05) is 0 Å². The van der Waals surface area contributed by atoms with E-state index in [9.17, 15) is 19.3 Å². The van der Waals surface area contributed by atoms with Crippen LogP contribution in [0.2, 0.25) is 0 Å². The molecule has 0 saturated carbocycles. The molecule has 25 heavy (non-hydrogen) atoms. The number of carbonyl (C=O) groups excluding carboxylic acids is 1. The number of fused-ring (bicyclic) bond motifs is 3. The second-order valence-electron chi connectivity index (χ2n) is 5.84. The molecule has 0 bridgehead atoms. The average molecular weight is 337 g/mol. The number of nitro benzene ring substituents is 1. The molecule has 1 aliphatic heterocycles. The molecule has 7 heteroatoms. The van der Waals surface area contributed by atoms with E-state index in [0.717, 1.165) is 29.0 Å². The van der Waals surface area contributed by atoms with Crippen molar-refractivity contribution in [2.45, 2.75) is 12.5 Å².